The number of nitrogens with zero attached hydrogens (tertiary/aromatic N) is 4. The summed E-state index contributed by atoms with van der Waals surface area (Å²) >= 11 is 0. The molecular weight excluding hydrogens is 310 g/mol. The lowest BCUT2D eigenvalue weighted by Crippen LogP contribution is -2.49. The van der Waals surface area contributed by atoms with Crippen LogP contribution in [-0.4, -0.2) is 65.7 Å². The van der Waals surface area contributed by atoms with E-state index in [1.165, 1.54) is 6.20 Å². The summed E-state index contributed by atoms with van der Waals surface area (Å²) in [5.74, 6) is 0.495. The van der Waals surface area contributed by atoms with Crippen molar-refractivity contribution in [1.82, 2.24) is 20.2 Å². The summed E-state index contributed by atoms with van der Waals surface area (Å²) in [5.41, 5.74) is 0.309. The highest BCUT2D eigenvalue weighted by Crippen LogP contribution is 2.13. The molecule has 1 saturated heterocycles. The van der Waals surface area contributed by atoms with Gasteiger partial charge in [-0.1, -0.05) is 6.92 Å². The minimum absolute atomic E-state index is 0.106. The van der Waals surface area contributed by atoms with Crippen LogP contribution < -0.4 is 10.2 Å². The summed E-state index contributed by atoms with van der Waals surface area (Å²) in [7, 11) is 0. The third-order valence-corrected chi connectivity index (χ3v) is 3.99. The van der Waals surface area contributed by atoms with Crippen molar-refractivity contribution < 1.29 is 14.3 Å². The van der Waals surface area contributed by atoms with Gasteiger partial charge in [0, 0.05) is 32.2 Å². The fraction of sp³-hybridized carbons (Fsp3) is 0.625. The van der Waals surface area contributed by atoms with Gasteiger partial charge in [0.05, 0.1) is 19.0 Å². The Morgan fingerprint density at radius 3 is 2.46 bits per heavy atom. The first-order chi connectivity index (χ1) is 11.5. The third kappa shape index (κ3) is 4.56. The van der Waals surface area contributed by atoms with E-state index in [1.807, 2.05) is 18.7 Å². The van der Waals surface area contributed by atoms with Crippen molar-refractivity contribution in [2.75, 3.05) is 37.7 Å². The van der Waals surface area contributed by atoms with Crippen molar-refractivity contribution in [2.45, 2.75) is 33.2 Å². The van der Waals surface area contributed by atoms with Crippen LogP contribution in [0.1, 0.15) is 37.7 Å². The molecule has 0 bridgehead atoms. The third-order valence-electron chi connectivity index (χ3n) is 3.99. The number of hydrogen-bond donors (Lipinski definition) is 1. The largest absolute Gasteiger partial charge is 0.450 e. The second-order valence-electron chi connectivity index (χ2n) is 5.72. The second-order valence-corrected chi connectivity index (χ2v) is 5.72. The lowest BCUT2D eigenvalue weighted by atomic mass is 10.2. The highest BCUT2D eigenvalue weighted by atomic mass is 16.6. The molecule has 0 radical (unpaired) electrons. The van der Waals surface area contributed by atoms with E-state index in [-0.39, 0.29) is 18.0 Å². The summed E-state index contributed by atoms with van der Waals surface area (Å²) in [6.07, 6.45) is 3.68. The van der Waals surface area contributed by atoms with Gasteiger partial charge in [0.15, 0.2) is 0 Å². The van der Waals surface area contributed by atoms with Gasteiger partial charge in [-0.15, -0.1) is 0 Å². The fourth-order valence-corrected chi connectivity index (χ4v) is 2.33. The lowest BCUT2D eigenvalue weighted by molar-refractivity contribution is 0.0933. The Balaban J connectivity index is 1.90. The number of carbonyl (C=O) groups excluding carboxylic acids is 2. The highest BCUT2D eigenvalue weighted by molar-refractivity contribution is 5.92. The molecule has 1 aromatic heterocycles. The van der Waals surface area contributed by atoms with Gasteiger partial charge in [0.1, 0.15) is 11.5 Å². The van der Waals surface area contributed by atoms with Crippen LogP contribution in [0.4, 0.5) is 10.6 Å². The first kappa shape index (κ1) is 18.0. The number of amides is 2. The summed E-state index contributed by atoms with van der Waals surface area (Å²) in [4.78, 5) is 35.9. The maximum absolute atomic E-state index is 12.0. The van der Waals surface area contributed by atoms with Gasteiger partial charge >= 0.3 is 6.09 Å². The molecule has 8 nitrogen and oxygen atoms in total. The van der Waals surface area contributed by atoms with E-state index >= 15 is 0 Å². The van der Waals surface area contributed by atoms with Gasteiger partial charge in [-0.3, -0.25) is 4.79 Å². The smallest absolute Gasteiger partial charge is 0.409 e. The Morgan fingerprint density at radius 2 is 1.92 bits per heavy atom. The molecule has 24 heavy (non-hydrogen) atoms. The number of carbonyl (C=O) groups is 2. The molecule has 1 unspecified atom stereocenters. The van der Waals surface area contributed by atoms with Crippen LogP contribution in [0.5, 0.6) is 0 Å². The molecule has 1 N–H and O–H groups in total. The minimum atomic E-state index is -0.278. The minimum Gasteiger partial charge on any atom is -0.450 e. The fourth-order valence-electron chi connectivity index (χ4n) is 2.33. The second kappa shape index (κ2) is 8.47. The summed E-state index contributed by atoms with van der Waals surface area (Å²) < 4.78 is 5.00. The van der Waals surface area contributed by atoms with Crippen LogP contribution in [0, 0.1) is 0 Å². The highest BCUT2D eigenvalue weighted by Gasteiger charge is 2.23. The zero-order valence-corrected chi connectivity index (χ0v) is 14.5. The molecule has 0 aromatic carbocycles. The molecule has 1 atom stereocenters. The van der Waals surface area contributed by atoms with Crippen molar-refractivity contribution in [2.24, 2.45) is 0 Å². The molecular formula is C16H25N5O3. The van der Waals surface area contributed by atoms with Crippen LogP contribution in [0.2, 0.25) is 0 Å². The van der Waals surface area contributed by atoms with Gasteiger partial charge in [-0.25, -0.2) is 14.8 Å². The molecule has 8 heteroatoms. The average Bonchev–Trinajstić information content (AvgIpc) is 2.62. The number of rotatable bonds is 5. The van der Waals surface area contributed by atoms with E-state index in [4.69, 9.17) is 4.74 Å². The predicted molar refractivity (Wildman–Crippen MR) is 90.1 cm³/mol. The Bertz CT molecular complexity index is 555. The van der Waals surface area contributed by atoms with Gasteiger partial charge in [-0.05, 0) is 20.3 Å². The van der Waals surface area contributed by atoms with Gasteiger partial charge < -0.3 is 19.9 Å². The van der Waals surface area contributed by atoms with Crippen molar-refractivity contribution in [3.63, 3.8) is 0 Å². The standard InChI is InChI=1S/C16H25N5O3/c1-4-12(3)19-15(22)13-10-18-14(11-17-13)20-6-8-21(9-7-20)16(23)24-5-2/h10-12H,4-9H2,1-3H3,(H,19,22). The Labute approximate surface area is 142 Å². The first-order valence-corrected chi connectivity index (χ1v) is 8.34. The normalized spacial score (nSPS) is 15.8. The molecule has 0 aliphatic carbocycles. The average molecular weight is 335 g/mol. The van der Waals surface area contributed by atoms with E-state index in [0.717, 1.165) is 6.42 Å². The van der Waals surface area contributed by atoms with E-state index in [2.05, 4.69) is 15.3 Å². The van der Waals surface area contributed by atoms with E-state index in [9.17, 15) is 9.59 Å². The molecule has 132 valence electrons. The van der Waals surface area contributed by atoms with Gasteiger partial charge in [0.2, 0.25) is 0 Å². The molecule has 0 saturated carbocycles. The maximum Gasteiger partial charge on any atom is 0.409 e. The number of piperazine rings is 1. The van der Waals surface area contributed by atoms with Crippen LogP contribution >= 0.6 is 0 Å². The van der Waals surface area contributed by atoms with Crippen LogP contribution in [-0.2, 0) is 4.74 Å². The van der Waals surface area contributed by atoms with Crippen molar-refractivity contribution in [3.05, 3.63) is 18.1 Å². The van der Waals surface area contributed by atoms with Gasteiger partial charge in [-0.2, -0.15) is 0 Å². The summed E-state index contributed by atoms with van der Waals surface area (Å²) in [6.45, 7) is 8.61. The topological polar surface area (TPSA) is 87.7 Å². The molecule has 0 spiro atoms. The number of nitrogens with one attached hydrogen (secondary N) is 1. The molecule has 1 aromatic rings. The Hall–Kier alpha value is -2.38. The number of anilines is 1. The van der Waals surface area contributed by atoms with Crippen molar-refractivity contribution >= 4 is 17.8 Å². The quantitative estimate of drug-likeness (QED) is 0.872. The zero-order valence-electron chi connectivity index (χ0n) is 14.5. The number of ether oxygens (including phenoxy) is 1. The van der Waals surface area contributed by atoms with Crippen LogP contribution in [0.15, 0.2) is 12.4 Å². The molecule has 1 aliphatic rings. The maximum atomic E-state index is 12.0. The molecule has 2 heterocycles. The molecule has 1 fully saturated rings. The molecule has 2 rings (SSSR count). The molecule has 2 amide bonds. The summed E-state index contributed by atoms with van der Waals surface area (Å²) in [5, 5.41) is 2.86. The predicted octanol–water partition coefficient (Wildman–Crippen LogP) is 1.28. The van der Waals surface area contributed by atoms with Crippen LogP contribution in [0.3, 0.4) is 0 Å². The monoisotopic (exact) mass is 335 g/mol. The van der Waals surface area contributed by atoms with Crippen LogP contribution in [0.25, 0.3) is 0 Å². The van der Waals surface area contributed by atoms with Crippen molar-refractivity contribution in [3.8, 4) is 0 Å². The lowest BCUT2D eigenvalue weighted by Gasteiger charge is -2.34. The van der Waals surface area contributed by atoms with E-state index in [1.54, 1.807) is 18.0 Å². The Kier molecular flexibility index (Phi) is 6.34. The number of hydrogen-bond acceptors (Lipinski definition) is 6. The van der Waals surface area contributed by atoms with Crippen molar-refractivity contribution in [1.29, 1.82) is 0 Å². The zero-order chi connectivity index (χ0) is 17.5. The SMILES string of the molecule is CCOC(=O)N1CCN(c2cnc(C(=O)NC(C)CC)cn2)CC1. The molecule has 1 aliphatic heterocycles. The number of aromatic nitrogens is 2. The van der Waals surface area contributed by atoms with E-state index < -0.39 is 0 Å². The van der Waals surface area contributed by atoms with Gasteiger partial charge in [0.25, 0.3) is 5.91 Å². The Morgan fingerprint density at radius 1 is 1.21 bits per heavy atom. The first-order valence-electron chi connectivity index (χ1n) is 8.34. The summed E-state index contributed by atoms with van der Waals surface area (Å²) in [6, 6.07) is 0.106. The van der Waals surface area contributed by atoms with E-state index in [0.29, 0.717) is 44.3 Å².